The highest BCUT2D eigenvalue weighted by atomic mass is 16.2. The summed E-state index contributed by atoms with van der Waals surface area (Å²) in [6.07, 6.45) is 6.02. The number of hydrogen-bond acceptors (Lipinski definition) is 5. The highest BCUT2D eigenvalue weighted by Gasteiger charge is 2.55. The first-order valence-corrected chi connectivity index (χ1v) is 13.2. The second kappa shape index (κ2) is 10.6. The Morgan fingerprint density at radius 1 is 1.14 bits per heavy atom. The highest BCUT2D eigenvalue weighted by Crippen LogP contribution is 2.37. The Balaban J connectivity index is 1.42. The molecule has 4 amide bonds. The summed E-state index contributed by atoms with van der Waals surface area (Å²) in [6.45, 7) is 4.81. The topological polar surface area (TPSA) is 76.2 Å². The van der Waals surface area contributed by atoms with Crippen molar-refractivity contribution in [1.82, 2.24) is 20.0 Å². The van der Waals surface area contributed by atoms with Crippen LogP contribution in [-0.4, -0.2) is 91.4 Å². The Bertz CT molecular complexity index is 942. The van der Waals surface area contributed by atoms with Crippen molar-refractivity contribution in [2.45, 2.75) is 63.5 Å². The van der Waals surface area contributed by atoms with E-state index in [1.165, 1.54) is 11.3 Å². The lowest BCUT2D eigenvalue weighted by Gasteiger charge is -2.41. The smallest absolute Gasteiger partial charge is 0.325 e. The summed E-state index contributed by atoms with van der Waals surface area (Å²) in [6, 6.07) is 7.88. The molecule has 35 heavy (non-hydrogen) atoms. The van der Waals surface area contributed by atoms with Gasteiger partial charge in [-0.1, -0.05) is 19.4 Å². The molecule has 0 bridgehead atoms. The first kappa shape index (κ1) is 25.5. The van der Waals surface area contributed by atoms with Crippen molar-refractivity contribution in [3.63, 3.8) is 0 Å². The van der Waals surface area contributed by atoms with Gasteiger partial charge >= 0.3 is 6.03 Å². The number of benzene rings is 1. The number of hydrogen-bond donors (Lipinski definition) is 1. The van der Waals surface area contributed by atoms with Gasteiger partial charge in [0.05, 0.1) is 0 Å². The lowest BCUT2D eigenvalue weighted by atomic mass is 9.74. The van der Waals surface area contributed by atoms with E-state index in [4.69, 9.17) is 0 Å². The fraction of sp³-hybridized carbons (Fsp3) is 0.667. The maximum atomic E-state index is 13.7. The highest BCUT2D eigenvalue weighted by molar-refractivity contribution is 6.07. The van der Waals surface area contributed by atoms with Gasteiger partial charge in [-0.15, -0.1) is 0 Å². The number of imide groups is 1. The van der Waals surface area contributed by atoms with E-state index in [0.717, 1.165) is 31.5 Å². The molecular formula is C27H41N5O3. The average molecular weight is 484 g/mol. The van der Waals surface area contributed by atoms with Crippen molar-refractivity contribution >= 4 is 23.5 Å². The Morgan fingerprint density at radius 3 is 2.51 bits per heavy atom. The van der Waals surface area contributed by atoms with Crippen molar-refractivity contribution in [2.75, 3.05) is 52.2 Å². The molecule has 2 atom stereocenters. The molecule has 0 spiro atoms. The second-order valence-electron chi connectivity index (χ2n) is 10.7. The minimum absolute atomic E-state index is 0.0285. The Hall–Kier alpha value is -2.61. The summed E-state index contributed by atoms with van der Waals surface area (Å²) >= 11 is 0. The molecule has 3 fully saturated rings. The van der Waals surface area contributed by atoms with E-state index in [1.807, 2.05) is 48.2 Å². The predicted octanol–water partition coefficient (Wildman–Crippen LogP) is 3.18. The van der Waals surface area contributed by atoms with E-state index < -0.39 is 5.54 Å². The molecular weight excluding hydrogens is 442 g/mol. The van der Waals surface area contributed by atoms with Crippen molar-refractivity contribution < 1.29 is 14.4 Å². The monoisotopic (exact) mass is 483 g/mol. The summed E-state index contributed by atoms with van der Waals surface area (Å²) in [7, 11) is 6.05. The molecule has 4 rings (SSSR count). The van der Waals surface area contributed by atoms with E-state index in [0.29, 0.717) is 50.5 Å². The van der Waals surface area contributed by atoms with Crippen LogP contribution in [0.3, 0.4) is 0 Å². The second-order valence-corrected chi connectivity index (χ2v) is 10.7. The van der Waals surface area contributed by atoms with Gasteiger partial charge in [-0.05, 0) is 76.2 Å². The maximum absolute atomic E-state index is 13.7. The Kier molecular flexibility index (Phi) is 7.69. The number of urea groups is 1. The predicted molar refractivity (Wildman–Crippen MR) is 138 cm³/mol. The normalized spacial score (nSPS) is 25.9. The largest absolute Gasteiger partial charge is 0.378 e. The first-order chi connectivity index (χ1) is 16.8. The Morgan fingerprint density at radius 2 is 1.89 bits per heavy atom. The zero-order valence-corrected chi connectivity index (χ0v) is 21.8. The van der Waals surface area contributed by atoms with Gasteiger partial charge in [0, 0.05) is 51.0 Å². The number of anilines is 1. The SMILES string of the molecule is CCCC1(C2CCN(C(=O)c3cccc(N(C)C)c3)CC2)NC(=O)N(CCC2CCCN2C)C1=O. The molecule has 3 aliphatic rings. The van der Waals surface area contributed by atoms with E-state index in [9.17, 15) is 14.4 Å². The molecule has 2 unspecified atom stereocenters. The standard InChI is InChI=1S/C27H41N5O3/c1-5-14-27(25(34)32(26(35)28-27)18-13-22-10-7-15-30(22)4)21-11-16-31(17-12-21)24(33)20-8-6-9-23(19-20)29(2)3/h6,8-9,19,21-22H,5,7,10-18H2,1-4H3,(H,28,35). The number of piperidine rings is 1. The summed E-state index contributed by atoms with van der Waals surface area (Å²) in [5.41, 5.74) is 0.843. The van der Waals surface area contributed by atoms with Crippen LogP contribution in [0.25, 0.3) is 0 Å². The number of amides is 4. The maximum Gasteiger partial charge on any atom is 0.325 e. The Labute approximate surface area is 209 Å². The minimum Gasteiger partial charge on any atom is -0.378 e. The third-order valence-corrected chi connectivity index (χ3v) is 8.29. The van der Waals surface area contributed by atoms with Gasteiger partial charge in [-0.25, -0.2) is 4.79 Å². The molecule has 3 aliphatic heterocycles. The van der Waals surface area contributed by atoms with E-state index in [2.05, 4.69) is 24.2 Å². The lowest BCUT2D eigenvalue weighted by molar-refractivity contribution is -0.134. The van der Waals surface area contributed by atoms with Crippen molar-refractivity contribution in [3.05, 3.63) is 29.8 Å². The van der Waals surface area contributed by atoms with Gasteiger partial charge < -0.3 is 20.0 Å². The van der Waals surface area contributed by atoms with Crippen LogP contribution in [0.4, 0.5) is 10.5 Å². The molecule has 3 heterocycles. The number of carbonyl (C=O) groups excluding carboxylic acids is 3. The third kappa shape index (κ3) is 5.03. The fourth-order valence-electron chi connectivity index (χ4n) is 6.19. The number of nitrogens with one attached hydrogen (secondary N) is 1. The molecule has 1 aromatic rings. The zero-order chi connectivity index (χ0) is 25.2. The van der Waals surface area contributed by atoms with Crippen LogP contribution in [0, 0.1) is 5.92 Å². The van der Waals surface area contributed by atoms with Gasteiger partial charge in [-0.2, -0.15) is 0 Å². The molecule has 192 valence electrons. The van der Waals surface area contributed by atoms with Crippen LogP contribution in [0.15, 0.2) is 24.3 Å². The molecule has 3 saturated heterocycles. The minimum atomic E-state index is -0.840. The number of nitrogens with zero attached hydrogens (tertiary/aromatic N) is 4. The van der Waals surface area contributed by atoms with Crippen LogP contribution in [0.1, 0.15) is 62.2 Å². The van der Waals surface area contributed by atoms with E-state index in [-0.39, 0.29) is 23.8 Å². The molecule has 8 nitrogen and oxygen atoms in total. The summed E-state index contributed by atoms with van der Waals surface area (Å²) < 4.78 is 0. The van der Waals surface area contributed by atoms with E-state index >= 15 is 0 Å². The van der Waals surface area contributed by atoms with Crippen LogP contribution in [-0.2, 0) is 4.79 Å². The molecule has 0 saturated carbocycles. The number of rotatable bonds is 8. The zero-order valence-electron chi connectivity index (χ0n) is 21.8. The van der Waals surface area contributed by atoms with Crippen LogP contribution < -0.4 is 10.2 Å². The number of carbonyl (C=O) groups is 3. The molecule has 1 N–H and O–H groups in total. The van der Waals surface area contributed by atoms with Gasteiger partial charge in [-0.3, -0.25) is 14.5 Å². The fourth-order valence-corrected chi connectivity index (χ4v) is 6.19. The van der Waals surface area contributed by atoms with Crippen molar-refractivity contribution in [3.8, 4) is 0 Å². The summed E-state index contributed by atoms with van der Waals surface area (Å²) in [5.74, 6) is 0.00413. The summed E-state index contributed by atoms with van der Waals surface area (Å²) in [4.78, 5) is 47.5. The van der Waals surface area contributed by atoms with E-state index in [1.54, 1.807) is 0 Å². The first-order valence-electron chi connectivity index (χ1n) is 13.2. The van der Waals surface area contributed by atoms with Crippen molar-refractivity contribution in [2.24, 2.45) is 5.92 Å². The quantitative estimate of drug-likeness (QED) is 0.575. The van der Waals surface area contributed by atoms with Crippen LogP contribution in [0.2, 0.25) is 0 Å². The molecule has 0 aliphatic carbocycles. The van der Waals surface area contributed by atoms with Crippen molar-refractivity contribution in [1.29, 1.82) is 0 Å². The third-order valence-electron chi connectivity index (χ3n) is 8.29. The lowest BCUT2D eigenvalue weighted by Crippen LogP contribution is -2.56. The van der Waals surface area contributed by atoms with Gasteiger partial charge in [0.2, 0.25) is 0 Å². The van der Waals surface area contributed by atoms with Crippen LogP contribution in [0.5, 0.6) is 0 Å². The average Bonchev–Trinajstić information content (AvgIpc) is 3.37. The molecule has 0 radical (unpaired) electrons. The summed E-state index contributed by atoms with van der Waals surface area (Å²) in [5, 5.41) is 3.14. The van der Waals surface area contributed by atoms with Gasteiger partial charge in [0.1, 0.15) is 5.54 Å². The van der Waals surface area contributed by atoms with Gasteiger partial charge in [0.25, 0.3) is 11.8 Å². The number of likely N-dealkylation sites (tertiary alicyclic amines) is 2. The molecule has 0 aromatic heterocycles. The van der Waals surface area contributed by atoms with Crippen LogP contribution >= 0.6 is 0 Å². The molecule has 1 aromatic carbocycles. The van der Waals surface area contributed by atoms with Gasteiger partial charge in [0.15, 0.2) is 0 Å². The molecule has 8 heteroatoms.